The van der Waals surface area contributed by atoms with E-state index in [1.54, 1.807) is 13.0 Å². The van der Waals surface area contributed by atoms with E-state index in [1.807, 2.05) is 0 Å². The molecular weight excluding hydrogens is 493 g/mol. The molecule has 4 rings (SSSR count). The smallest absolute Gasteiger partial charge is 0.387 e. The Morgan fingerprint density at radius 3 is 2.46 bits per heavy atom. The van der Waals surface area contributed by atoms with Gasteiger partial charge >= 0.3 is 30.4 Å². The normalized spacial score (nSPS) is 17.3. The number of carbonyl (C=O) groups is 2. The van der Waals surface area contributed by atoms with Gasteiger partial charge in [-0.15, -0.1) is 5.10 Å². The van der Waals surface area contributed by atoms with Crippen molar-refractivity contribution in [3.05, 3.63) is 59.7 Å². The van der Waals surface area contributed by atoms with Crippen LogP contribution in [0.1, 0.15) is 54.8 Å². The Labute approximate surface area is 210 Å². The lowest BCUT2D eigenvalue weighted by Gasteiger charge is -2.27. The van der Waals surface area contributed by atoms with E-state index < -0.39 is 24.2 Å². The number of carbonyl (C=O) groups excluding carboxylic acids is 2. The molecule has 0 atom stereocenters. The van der Waals surface area contributed by atoms with Gasteiger partial charge in [0, 0.05) is 5.69 Å². The molecule has 0 spiro atoms. The first kappa shape index (κ1) is 26.0. The van der Waals surface area contributed by atoms with Gasteiger partial charge in [0.25, 0.3) is 0 Å². The Hall–Kier alpha value is -4.09. The van der Waals surface area contributed by atoms with Crippen LogP contribution in [0.25, 0.3) is 0 Å². The molecule has 0 unspecified atom stereocenters. The molecule has 1 aromatic heterocycles. The average molecular weight is 518 g/mol. The number of ether oxygens (including phenoxy) is 2. The van der Waals surface area contributed by atoms with Crippen LogP contribution < -0.4 is 15.4 Å². The SMILES string of the molecule is CCOC(=O)C1CCC(c2ccc(NC(=O)c3nnc(Nc4ccc(OC(F)F)cc4)o3)c(F)c2)CC1. The third kappa shape index (κ3) is 6.78. The summed E-state index contributed by atoms with van der Waals surface area (Å²) in [6, 6.07) is 10.0. The lowest BCUT2D eigenvalue weighted by Crippen LogP contribution is -2.23. The highest BCUT2D eigenvalue weighted by molar-refractivity contribution is 6.01. The van der Waals surface area contributed by atoms with Gasteiger partial charge in [0.2, 0.25) is 0 Å². The molecule has 196 valence electrons. The number of rotatable bonds is 9. The number of amides is 1. The van der Waals surface area contributed by atoms with Gasteiger partial charge in [-0.2, -0.15) is 8.78 Å². The Morgan fingerprint density at radius 2 is 1.81 bits per heavy atom. The number of anilines is 3. The molecule has 0 saturated heterocycles. The summed E-state index contributed by atoms with van der Waals surface area (Å²) in [6.07, 6.45) is 2.86. The van der Waals surface area contributed by atoms with Gasteiger partial charge in [0.1, 0.15) is 11.6 Å². The molecule has 0 bridgehead atoms. The van der Waals surface area contributed by atoms with Crippen LogP contribution in [0.15, 0.2) is 46.9 Å². The summed E-state index contributed by atoms with van der Waals surface area (Å²) in [5, 5.41) is 12.5. The lowest BCUT2D eigenvalue weighted by molar-refractivity contribution is -0.149. The van der Waals surface area contributed by atoms with Crippen LogP contribution in [-0.4, -0.2) is 35.3 Å². The second kappa shape index (κ2) is 11.8. The number of halogens is 3. The van der Waals surface area contributed by atoms with Crippen molar-refractivity contribution in [2.45, 2.75) is 45.1 Å². The topological polar surface area (TPSA) is 116 Å². The van der Waals surface area contributed by atoms with Gasteiger partial charge in [0.15, 0.2) is 0 Å². The van der Waals surface area contributed by atoms with E-state index in [0.29, 0.717) is 25.1 Å². The summed E-state index contributed by atoms with van der Waals surface area (Å²) < 4.78 is 53.9. The van der Waals surface area contributed by atoms with Crippen LogP contribution in [0, 0.1) is 11.7 Å². The highest BCUT2D eigenvalue weighted by atomic mass is 19.3. The van der Waals surface area contributed by atoms with Crippen LogP contribution in [0.4, 0.5) is 30.6 Å². The Balaban J connectivity index is 1.32. The fourth-order valence-corrected chi connectivity index (χ4v) is 4.19. The molecule has 1 amide bonds. The third-order valence-corrected chi connectivity index (χ3v) is 6.01. The molecular formula is C25H25F3N4O5. The summed E-state index contributed by atoms with van der Waals surface area (Å²) in [5.41, 5.74) is 1.18. The van der Waals surface area contributed by atoms with Crippen molar-refractivity contribution >= 4 is 29.3 Å². The molecule has 2 aromatic carbocycles. The number of aromatic nitrogens is 2. The van der Waals surface area contributed by atoms with Gasteiger partial charge in [-0.3, -0.25) is 9.59 Å². The predicted octanol–water partition coefficient (Wildman–Crippen LogP) is 5.64. The zero-order valence-electron chi connectivity index (χ0n) is 19.9. The van der Waals surface area contributed by atoms with Gasteiger partial charge in [-0.25, -0.2) is 4.39 Å². The molecule has 12 heteroatoms. The number of hydrogen-bond donors (Lipinski definition) is 2. The van der Waals surface area contributed by atoms with Crippen molar-refractivity contribution in [3.63, 3.8) is 0 Å². The molecule has 9 nitrogen and oxygen atoms in total. The summed E-state index contributed by atoms with van der Waals surface area (Å²) in [4.78, 5) is 24.4. The Morgan fingerprint density at radius 1 is 1.08 bits per heavy atom. The summed E-state index contributed by atoms with van der Waals surface area (Å²) in [7, 11) is 0. The second-order valence-electron chi connectivity index (χ2n) is 8.43. The van der Waals surface area contributed by atoms with E-state index in [-0.39, 0.29) is 35.3 Å². The molecule has 3 aromatic rings. The minimum absolute atomic E-state index is 0.0245. The van der Waals surface area contributed by atoms with Crippen LogP contribution in [0.3, 0.4) is 0 Å². The van der Waals surface area contributed by atoms with Crippen molar-refractivity contribution in [1.82, 2.24) is 10.2 Å². The highest BCUT2D eigenvalue weighted by Gasteiger charge is 2.28. The monoisotopic (exact) mass is 518 g/mol. The predicted molar refractivity (Wildman–Crippen MR) is 126 cm³/mol. The van der Waals surface area contributed by atoms with Crippen LogP contribution in [0.5, 0.6) is 5.75 Å². The fourth-order valence-electron chi connectivity index (χ4n) is 4.19. The van der Waals surface area contributed by atoms with Crippen molar-refractivity contribution in [2.75, 3.05) is 17.2 Å². The van der Waals surface area contributed by atoms with E-state index in [2.05, 4.69) is 25.6 Å². The molecule has 0 aliphatic heterocycles. The molecule has 1 fully saturated rings. The quantitative estimate of drug-likeness (QED) is 0.350. The van der Waals surface area contributed by atoms with E-state index in [0.717, 1.165) is 18.4 Å². The van der Waals surface area contributed by atoms with Crippen LogP contribution in [0.2, 0.25) is 0 Å². The largest absolute Gasteiger partial charge is 0.466 e. The maximum absolute atomic E-state index is 14.8. The molecule has 1 aliphatic carbocycles. The number of nitrogens with zero attached hydrogens (tertiary/aromatic N) is 2. The Kier molecular flexibility index (Phi) is 8.26. The van der Waals surface area contributed by atoms with E-state index in [1.165, 1.54) is 36.4 Å². The van der Waals surface area contributed by atoms with Gasteiger partial charge < -0.3 is 24.5 Å². The van der Waals surface area contributed by atoms with E-state index in [4.69, 9.17) is 9.15 Å². The first-order valence-corrected chi connectivity index (χ1v) is 11.7. The standard InChI is InChI=1S/C25H25F3N4O5/c1-2-35-23(34)15-5-3-14(4-6-15)16-7-12-20(19(26)13-16)30-21(33)22-31-32-25(37-22)29-17-8-10-18(11-9-17)36-24(27)28/h7-15,24H,2-6H2,1H3,(H,29,32)(H,30,33). The highest BCUT2D eigenvalue weighted by Crippen LogP contribution is 2.37. The number of esters is 1. The van der Waals surface area contributed by atoms with Crippen molar-refractivity contribution in [1.29, 1.82) is 0 Å². The van der Waals surface area contributed by atoms with Crippen LogP contribution in [-0.2, 0) is 9.53 Å². The van der Waals surface area contributed by atoms with E-state index in [9.17, 15) is 22.8 Å². The summed E-state index contributed by atoms with van der Waals surface area (Å²) in [6.45, 7) is -0.803. The van der Waals surface area contributed by atoms with Crippen LogP contribution >= 0.6 is 0 Å². The van der Waals surface area contributed by atoms with E-state index >= 15 is 0 Å². The molecule has 1 heterocycles. The number of alkyl halides is 2. The van der Waals surface area contributed by atoms with Gasteiger partial charge in [0.05, 0.1) is 18.2 Å². The zero-order valence-corrected chi connectivity index (χ0v) is 19.9. The summed E-state index contributed by atoms with van der Waals surface area (Å²) in [5.74, 6) is -2.02. The molecule has 37 heavy (non-hydrogen) atoms. The van der Waals surface area contributed by atoms with Gasteiger partial charge in [-0.05, 0) is 80.5 Å². The van der Waals surface area contributed by atoms with Crippen molar-refractivity contribution in [3.8, 4) is 5.75 Å². The van der Waals surface area contributed by atoms with Gasteiger partial charge in [-0.1, -0.05) is 11.2 Å². The minimum atomic E-state index is -2.94. The summed E-state index contributed by atoms with van der Waals surface area (Å²) >= 11 is 0. The Bertz CT molecular complexity index is 1230. The minimum Gasteiger partial charge on any atom is -0.466 e. The molecule has 1 aliphatic rings. The maximum Gasteiger partial charge on any atom is 0.387 e. The maximum atomic E-state index is 14.8. The van der Waals surface area contributed by atoms with Crippen molar-refractivity contribution in [2.24, 2.45) is 5.92 Å². The first-order valence-electron chi connectivity index (χ1n) is 11.7. The molecule has 0 radical (unpaired) electrons. The first-order chi connectivity index (χ1) is 17.8. The average Bonchev–Trinajstić information content (AvgIpc) is 3.35. The fraction of sp³-hybridized carbons (Fsp3) is 0.360. The zero-order chi connectivity index (χ0) is 26.4. The number of hydrogen-bond acceptors (Lipinski definition) is 8. The molecule has 2 N–H and O–H groups in total. The molecule has 1 saturated carbocycles. The third-order valence-electron chi connectivity index (χ3n) is 6.01. The lowest BCUT2D eigenvalue weighted by atomic mass is 9.78. The number of nitrogens with one attached hydrogen (secondary N) is 2. The number of benzene rings is 2. The second-order valence-corrected chi connectivity index (χ2v) is 8.43. The van der Waals surface area contributed by atoms with Crippen molar-refractivity contribution < 1.29 is 36.7 Å².